The Bertz CT molecular complexity index is 899. The molecule has 0 saturated carbocycles. The van der Waals surface area contributed by atoms with E-state index in [-0.39, 0.29) is 5.75 Å². The van der Waals surface area contributed by atoms with Crippen LogP contribution in [0.3, 0.4) is 0 Å². The molecule has 0 atom stereocenters. The van der Waals surface area contributed by atoms with E-state index in [4.69, 9.17) is 4.74 Å². The van der Waals surface area contributed by atoms with Gasteiger partial charge in [0.05, 0.1) is 12.7 Å². The molecule has 0 amide bonds. The maximum Gasteiger partial charge on any atom is 0.343 e. The molecule has 1 N–H and O–H groups in total. The van der Waals surface area contributed by atoms with Gasteiger partial charge >= 0.3 is 5.97 Å². The van der Waals surface area contributed by atoms with Crippen LogP contribution in [0.5, 0.6) is 11.5 Å². The molecule has 0 aliphatic heterocycles. The van der Waals surface area contributed by atoms with Crippen LogP contribution in [0.2, 0.25) is 0 Å². The highest BCUT2D eigenvalue weighted by molar-refractivity contribution is 14.1. The van der Waals surface area contributed by atoms with E-state index in [2.05, 4.69) is 67.8 Å². The highest BCUT2D eigenvalue weighted by Crippen LogP contribution is 2.30. The van der Waals surface area contributed by atoms with E-state index in [9.17, 15) is 9.90 Å². The number of hydrogen-bond acceptors (Lipinski definition) is 3. The second-order valence-corrected chi connectivity index (χ2v) is 8.40. The molecule has 0 unspecified atom stereocenters. The number of phenolic OH excluding ortho intramolecular Hbond substituents is 1. The summed E-state index contributed by atoms with van der Waals surface area (Å²) in [5.74, 6) is 0.338. The Hall–Kier alpha value is -0.620. The largest absolute Gasteiger partial charge is 0.508 e. The standard InChI is InChI=1S/C17H9I3O3/c18-12-7-14(19)16(15(20)8-12)23-17(22)10-2-1-9-3-4-13(21)6-11(9)5-10/h1-8,21H. The SMILES string of the molecule is O=C(Oc1c(I)cc(I)cc1I)c1ccc2ccc(O)cc2c1. The lowest BCUT2D eigenvalue weighted by Gasteiger charge is -2.10. The monoisotopic (exact) mass is 642 g/mol. The molecule has 6 heteroatoms. The van der Waals surface area contributed by atoms with Gasteiger partial charge in [-0.15, -0.1) is 0 Å². The Labute approximate surface area is 173 Å². The topological polar surface area (TPSA) is 46.5 Å². The van der Waals surface area contributed by atoms with Crippen molar-refractivity contribution in [2.75, 3.05) is 0 Å². The molecule has 0 radical (unpaired) electrons. The van der Waals surface area contributed by atoms with Crippen molar-refractivity contribution in [2.45, 2.75) is 0 Å². The second-order valence-electron chi connectivity index (χ2n) is 4.83. The molecule has 3 aromatic rings. The van der Waals surface area contributed by atoms with E-state index in [1.807, 2.05) is 24.3 Å². The molecule has 0 saturated heterocycles. The Morgan fingerprint density at radius 1 is 0.870 bits per heavy atom. The van der Waals surface area contributed by atoms with Crippen LogP contribution in [-0.4, -0.2) is 11.1 Å². The summed E-state index contributed by atoms with van der Waals surface area (Å²) in [6.07, 6.45) is 0. The molecule has 23 heavy (non-hydrogen) atoms. The molecule has 0 fully saturated rings. The summed E-state index contributed by atoms with van der Waals surface area (Å²) >= 11 is 6.56. The van der Waals surface area contributed by atoms with E-state index in [1.54, 1.807) is 24.3 Å². The van der Waals surface area contributed by atoms with Crippen LogP contribution in [0.25, 0.3) is 10.8 Å². The molecular weight excluding hydrogens is 633 g/mol. The summed E-state index contributed by atoms with van der Waals surface area (Å²) in [7, 11) is 0. The van der Waals surface area contributed by atoms with Crippen molar-refractivity contribution < 1.29 is 14.6 Å². The van der Waals surface area contributed by atoms with Crippen LogP contribution in [0, 0.1) is 10.7 Å². The first-order valence-electron chi connectivity index (χ1n) is 6.53. The van der Waals surface area contributed by atoms with Crippen molar-refractivity contribution in [3.63, 3.8) is 0 Å². The number of hydrogen-bond donors (Lipinski definition) is 1. The quantitative estimate of drug-likeness (QED) is 0.226. The number of aromatic hydroxyl groups is 1. The third-order valence-corrected chi connectivity index (χ3v) is 5.44. The van der Waals surface area contributed by atoms with Crippen molar-refractivity contribution in [1.29, 1.82) is 0 Å². The molecule has 3 rings (SSSR count). The van der Waals surface area contributed by atoms with Crippen LogP contribution in [0.4, 0.5) is 0 Å². The molecule has 0 bridgehead atoms. The second kappa shape index (κ2) is 7.09. The van der Waals surface area contributed by atoms with Crippen molar-refractivity contribution in [1.82, 2.24) is 0 Å². The van der Waals surface area contributed by atoms with Gasteiger partial charge in [0.25, 0.3) is 0 Å². The molecular formula is C17H9I3O3. The van der Waals surface area contributed by atoms with Gasteiger partial charge in [-0.2, -0.15) is 0 Å². The molecule has 0 aliphatic rings. The van der Waals surface area contributed by atoms with Crippen molar-refractivity contribution in [2.24, 2.45) is 0 Å². The predicted molar refractivity (Wildman–Crippen MR) is 115 cm³/mol. The molecule has 116 valence electrons. The fourth-order valence-corrected chi connectivity index (χ4v) is 5.94. The third-order valence-electron chi connectivity index (χ3n) is 3.22. The number of ether oxygens (including phenoxy) is 1. The van der Waals surface area contributed by atoms with Crippen LogP contribution in [0.1, 0.15) is 10.4 Å². The molecule has 0 aromatic heterocycles. The minimum absolute atomic E-state index is 0.171. The van der Waals surface area contributed by atoms with E-state index in [0.717, 1.165) is 21.5 Å². The lowest BCUT2D eigenvalue weighted by atomic mass is 10.1. The lowest BCUT2D eigenvalue weighted by Crippen LogP contribution is -2.10. The number of rotatable bonds is 2. The Morgan fingerprint density at radius 3 is 2.22 bits per heavy atom. The zero-order valence-electron chi connectivity index (χ0n) is 11.5. The van der Waals surface area contributed by atoms with Gasteiger partial charge < -0.3 is 9.84 Å². The minimum Gasteiger partial charge on any atom is -0.508 e. The van der Waals surface area contributed by atoms with E-state index >= 15 is 0 Å². The first-order valence-corrected chi connectivity index (χ1v) is 9.77. The maximum absolute atomic E-state index is 12.4. The highest BCUT2D eigenvalue weighted by atomic mass is 127. The molecule has 0 spiro atoms. The first kappa shape index (κ1) is 17.2. The van der Waals surface area contributed by atoms with Crippen LogP contribution >= 0.6 is 67.8 Å². The Morgan fingerprint density at radius 2 is 1.52 bits per heavy atom. The van der Waals surface area contributed by atoms with Crippen LogP contribution in [0.15, 0.2) is 48.5 Å². The van der Waals surface area contributed by atoms with Gasteiger partial charge in [-0.3, -0.25) is 0 Å². The van der Waals surface area contributed by atoms with Gasteiger partial charge in [0, 0.05) is 3.57 Å². The normalized spacial score (nSPS) is 10.7. The van der Waals surface area contributed by atoms with E-state index in [0.29, 0.717) is 11.3 Å². The van der Waals surface area contributed by atoms with Gasteiger partial charge in [-0.25, -0.2) is 4.79 Å². The molecule has 3 nitrogen and oxygen atoms in total. The van der Waals surface area contributed by atoms with E-state index in [1.165, 1.54) is 0 Å². The van der Waals surface area contributed by atoms with Crippen molar-refractivity contribution in [3.8, 4) is 11.5 Å². The van der Waals surface area contributed by atoms with Crippen LogP contribution < -0.4 is 4.74 Å². The molecule has 0 aliphatic carbocycles. The van der Waals surface area contributed by atoms with Crippen molar-refractivity contribution in [3.05, 3.63) is 64.8 Å². The highest BCUT2D eigenvalue weighted by Gasteiger charge is 2.15. The van der Waals surface area contributed by atoms with Crippen molar-refractivity contribution >= 4 is 84.5 Å². The number of benzene rings is 3. The van der Waals surface area contributed by atoms with Gasteiger partial charge in [0.15, 0.2) is 5.75 Å². The number of carbonyl (C=O) groups excluding carboxylic acids is 1. The number of halogens is 3. The summed E-state index contributed by atoms with van der Waals surface area (Å²) in [6.45, 7) is 0. The zero-order chi connectivity index (χ0) is 16.6. The average Bonchev–Trinajstić information content (AvgIpc) is 2.49. The minimum atomic E-state index is -0.410. The number of esters is 1. The third kappa shape index (κ3) is 3.90. The fraction of sp³-hybridized carbons (Fsp3) is 0. The molecule has 0 heterocycles. The van der Waals surface area contributed by atoms with Gasteiger partial charge in [0.1, 0.15) is 5.75 Å². The number of fused-ring (bicyclic) bond motifs is 1. The lowest BCUT2D eigenvalue weighted by molar-refractivity contribution is 0.0732. The van der Waals surface area contributed by atoms with Gasteiger partial charge in [-0.05, 0) is 115 Å². The Balaban J connectivity index is 1.95. The smallest absolute Gasteiger partial charge is 0.343 e. The van der Waals surface area contributed by atoms with E-state index < -0.39 is 5.97 Å². The zero-order valence-corrected chi connectivity index (χ0v) is 18.0. The van der Waals surface area contributed by atoms with Gasteiger partial charge in [-0.1, -0.05) is 12.1 Å². The summed E-state index contributed by atoms with van der Waals surface area (Å²) in [5.41, 5.74) is 0.452. The van der Waals surface area contributed by atoms with Crippen LogP contribution in [-0.2, 0) is 0 Å². The fourth-order valence-electron chi connectivity index (χ4n) is 2.14. The molecule has 3 aromatic carbocycles. The summed E-state index contributed by atoms with van der Waals surface area (Å²) in [5, 5.41) is 11.3. The average molecular weight is 642 g/mol. The number of phenols is 1. The summed E-state index contributed by atoms with van der Waals surface area (Å²) in [4.78, 5) is 12.4. The first-order chi connectivity index (χ1) is 10.9. The van der Waals surface area contributed by atoms with Gasteiger partial charge in [0.2, 0.25) is 0 Å². The summed E-state index contributed by atoms with van der Waals surface area (Å²) < 4.78 is 8.46. The number of carbonyl (C=O) groups is 1. The Kier molecular flexibility index (Phi) is 5.31. The predicted octanol–water partition coefficient (Wildman–Crippen LogP) is 5.58. The summed E-state index contributed by atoms with van der Waals surface area (Å²) in [6, 6.07) is 14.3. The maximum atomic E-state index is 12.4.